The van der Waals surface area contributed by atoms with Gasteiger partial charge in [-0.05, 0) is 67.8 Å². The Morgan fingerprint density at radius 1 is 1.02 bits per heavy atom. The third-order valence-corrected chi connectivity index (χ3v) is 10.2. The van der Waals surface area contributed by atoms with Gasteiger partial charge in [0.05, 0.1) is 21.8 Å². The fraction of sp³-hybridized carbons (Fsp3) is 0.233. The minimum Gasteiger partial charge on any atom is -0.282 e. The van der Waals surface area contributed by atoms with Crippen molar-refractivity contribution >= 4 is 42.6 Å². The first-order valence-electron chi connectivity index (χ1n) is 13.4. The summed E-state index contributed by atoms with van der Waals surface area (Å²) < 4.78 is 58.7. The van der Waals surface area contributed by atoms with E-state index < -0.39 is 27.6 Å². The van der Waals surface area contributed by atoms with Crippen molar-refractivity contribution in [1.29, 1.82) is 0 Å². The zero-order valence-electron chi connectivity index (χ0n) is 22.9. The molecule has 1 aliphatic heterocycles. The van der Waals surface area contributed by atoms with Crippen molar-refractivity contribution in [3.05, 3.63) is 106 Å². The number of hydrogen-bond donors (Lipinski definition) is 0. The normalized spacial score (nSPS) is 13.8. The summed E-state index contributed by atoms with van der Waals surface area (Å²) in [5.74, 6) is -2.00. The van der Waals surface area contributed by atoms with E-state index in [2.05, 4.69) is 10.1 Å². The summed E-state index contributed by atoms with van der Waals surface area (Å²) >= 11 is 1.00. The molecule has 1 aliphatic rings. The van der Waals surface area contributed by atoms with Crippen LogP contribution in [0.25, 0.3) is 10.2 Å². The molecule has 0 spiro atoms. The Balaban J connectivity index is 1.29. The van der Waals surface area contributed by atoms with Crippen LogP contribution in [0.15, 0.2) is 71.6 Å². The predicted molar refractivity (Wildman–Crippen MR) is 157 cm³/mol. The number of hydrogen-bond acceptors (Lipinski definition) is 6. The number of amides is 1. The van der Waals surface area contributed by atoms with Gasteiger partial charge in [-0.15, -0.1) is 0 Å². The van der Waals surface area contributed by atoms with E-state index in [1.54, 1.807) is 4.68 Å². The molecule has 2 aromatic heterocycles. The molecule has 0 saturated heterocycles. The molecule has 0 unspecified atom stereocenters. The summed E-state index contributed by atoms with van der Waals surface area (Å²) in [7, 11) is -3.79. The average Bonchev–Trinajstić information content (AvgIpc) is 3.54. The molecule has 12 heteroatoms. The summed E-state index contributed by atoms with van der Waals surface area (Å²) in [6.07, 6.45) is 0.628. The lowest BCUT2D eigenvalue weighted by molar-refractivity contribution is 0.0985. The Labute approximate surface area is 245 Å². The lowest BCUT2D eigenvalue weighted by Gasteiger charge is -2.28. The van der Waals surface area contributed by atoms with Gasteiger partial charge in [0, 0.05) is 37.0 Å². The van der Waals surface area contributed by atoms with Crippen LogP contribution in [-0.4, -0.2) is 46.5 Å². The number of aryl methyl sites for hydroxylation is 2. The number of benzene rings is 3. The van der Waals surface area contributed by atoms with Gasteiger partial charge in [-0.2, -0.15) is 9.40 Å². The maximum Gasteiger partial charge on any atom is 0.260 e. The highest BCUT2D eigenvalue weighted by Gasteiger charge is 2.29. The van der Waals surface area contributed by atoms with Crippen LogP contribution in [0.4, 0.5) is 13.9 Å². The van der Waals surface area contributed by atoms with Crippen molar-refractivity contribution in [3.63, 3.8) is 0 Å². The van der Waals surface area contributed by atoms with Crippen molar-refractivity contribution in [2.75, 3.05) is 18.0 Å². The summed E-state index contributed by atoms with van der Waals surface area (Å²) in [5, 5.41) is 4.65. The quantitative estimate of drug-likeness (QED) is 0.245. The smallest absolute Gasteiger partial charge is 0.260 e. The van der Waals surface area contributed by atoms with Gasteiger partial charge in [-0.1, -0.05) is 35.6 Å². The van der Waals surface area contributed by atoms with Crippen LogP contribution in [0, 0.1) is 25.5 Å². The van der Waals surface area contributed by atoms with Crippen LogP contribution in [0.1, 0.15) is 32.9 Å². The average molecular weight is 608 g/mol. The van der Waals surface area contributed by atoms with Crippen molar-refractivity contribution in [2.45, 2.75) is 38.3 Å². The minimum atomic E-state index is -3.79. The molecule has 0 N–H and O–H groups in total. The van der Waals surface area contributed by atoms with Crippen LogP contribution < -0.4 is 4.90 Å². The van der Waals surface area contributed by atoms with Gasteiger partial charge in [0.25, 0.3) is 5.91 Å². The molecular weight excluding hydrogens is 580 g/mol. The van der Waals surface area contributed by atoms with Gasteiger partial charge < -0.3 is 0 Å². The summed E-state index contributed by atoms with van der Waals surface area (Å²) in [6, 6.07) is 17.4. The molecule has 6 rings (SSSR count). The Morgan fingerprint density at radius 3 is 2.48 bits per heavy atom. The molecule has 0 atom stereocenters. The van der Waals surface area contributed by atoms with E-state index in [-0.39, 0.29) is 38.9 Å². The molecule has 216 valence electrons. The van der Waals surface area contributed by atoms with Crippen molar-refractivity contribution < 1.29 is 22.0 Å². The highest BCUT2D eigenvalue weighted by atomic mass is 32.2. The highest BCUT2D eigenvalue weighted by molar-refractivity contribution is 7.89. The largest absolute Gasteiger partial charge is 0.282 e. The topological polar surface area (TPSA) is 88.4 Å². The first-order chi connectivity index (χ1) is 20.1. The fourth-order valence-corrected chi connectivity index (χ4v) is 7.64. The Morgan fingerprint density at radius 2 is 1.76 bits per heavy atom. The third kappa shape index (κ3) is 5.33. The van der Waals surface area contributed by atoms with Gasteiger partial charge in [0.1, 0.15) is 11.3 Å². The number of nitrogens with zero attached hydrogens (tertiary/aromatic N) is 5. The number of aromatic nitrogens is 3. The lowest BCUT2D eigenvalue weighted by atomic mass is 10.0. The van der Waals surface area contributed by atoms with Gasteiger partial charge in [-0.25, -0.2) is 22.2 Å². The molecular formula is C30H27F2N5O3S2. The van der Waals surface area contributed by atoms with Crippen LogP contribution in [0.3, 0.4) is 0 Å². The van der Waals surface area contributed by atoms with Crippen LogP contribution in [0.2, 0.25) is 0 Å². The molecule has 42 heavy (non-hydrogen) atoms. The molecule has 3 heterocycles. The maximum absolute atomic E-state index is 14.5. The van der Waals surface area contributed by atoms with Gasteiger partial charge in [0.15, 0.2) is 10.9 Å². The standard InChI is InChI=1S/C30H27F2N5O3S2/c1-19-15-20(2)37(34-19)14-13-36(30-33-28-26(32)16-24(31)17-27(28)41-30)29(38)22-7-9-25(10-8-22)42(39,40)35-12-11-21-5-3-4-6-23(21)18-35/h3-10,15-17H,11-14,18H2,1-2H3. The zero-order chi connectivity index (χ0) is 29.6. The van der Waals surface area contributed by atoms with Gasteiger partial charge in [0.2, 0.25) is 10.0 Å². The molecule has 8 nitrogen and oxygen atoms in total. The van der Waals surface area contributed by atoms with E-state index in [4.69, 9.17) is 0 Å². The monoisotopic (exact) mass is 607 g/mol. The van der Waals surface area contributed by atoms with E-state index in [9.17, 15) is 22.0 Å². The minimum absolute atomic E-state index is 0.0233. The van der Waals surface area contributed by atoms with E-state index >= 15 is 0 Å². The molecule has 5 aromatic rings. The zero-order valence-corrected chi connectivity index (χ0v) is 24.6. The van der Waals surface area contributed by atoms with E-state index in [0.29, 0.717) is 19.5 Å². The maximum atomic E-state index is 14.5. The molecule has 0 saturated carbocycles. The van der Waals surface area contributed by atoms with Crippen LogP contribution in [-0.2, 0) is 29.5 Å². The third-order valence-electron chi connectivity index (χ3n) is 7.35. The SMILES string of the molecule is Cc1cc(C)n(CCN(C(=O)c2ccc(S(=O)(=O)N3CCc4ccccc4C3)cc2)c2nc3c(F)cc(F)cc3s2)n1. The second-order valence-electron chi connectivity index (χ2n) is 10.2. The second-order valence-corrected chi connectivity index (χ2v) is 13.2. The van der Waals surface area contributed by atoms with E-state index in [1.165, 1.54) is 39.5 Å². The first-order valence-corrected chi connectivity index (χ1v) is 15.6. The Kier molecular flexibility index (Phi) is 7.37. The van der Waals surface area contributed by atoms with Gasteiger partial charge >= 0.3 is 0 Å². The fourth-order valence-electron chi connectivity index (χ4n) is 5.19. The number of anilines is 1. The predicted octanol–water partition coefficient (Wildman–Crippen LogP) is 5.48. The molecule has 0 fully saturated rings. The van der Waals surface area contributed by atoms with Crippen molar-refractivity contribution in [1.82, 2.24) is 19.1 Å². The summed E-state index contributed by atoms with van der Waals surface area (Å²) in [6.45, 7) is 4.92. The highest BCUT2D eigenvalue weighted by Crippen LogP contribution is 2.32. The number of fused-ring (bicyclic) bond motifs is 2. The molecule has 0 aliphatic carbocycles. The number of carbonyl (C=O) groups is 1. The number of carbonyl (C=O) groups excluding carboxylic acids is 1. The molecule has 0 bridgehead atoms. The summed E-state index contributed by atoms with van der Waals surface area (Å²) in [4.78, 5) is 19.6. The number of halogens is 2. The molecule has 3 aromatic carbocycles. The first kappa shape index (κ1) is 28.1. The molecule has 0 radical (unpaired) electrons. The number of thiazole rings is 1. The second kappa shape index (κ2) is 11.0. The van der Waals surface area contributed by atoms with Crippen molar-refractivity contribution in [2.24, 2.45) is 0 Å². The summed E-state index contributed by atoms with van der Waals surface area (Å²) in [5.41, 5.74) is 4.07. The molecule has 1 amide bonds. The Hall–Kier alpha value is -4.00. The lowest BCUT2D eigenvalue weighted by Crippen LogP contribution is -2.36. The van der Waals surface area contributed by atoms with Gasteiger partial charge in [-0.3, -0.25) is 14.4 Å². The Bertz CT molecular complexity index is 1920. The number of sulfonamides is 1. The number of rotatable bonds is 7. The van der Waals surface area contributed by atoms with E-state index in [1.807, 2.05) is 44.2 Å². The van der Waals surface area contributed by atoms with Crippen LogP contribution in [0.5, 0.6) is 0 Å². The van der Waals surface area contributed by atoms with E-state index in [0.717, 1.165) is 39.9 Å². The van der Waals surface area contributed by atoms with Crippen molar-refractivity contribution in [3.8, 4) is 0 Å². The van der Waals surface area contributed by atoms with Crippen LogP contribution >= 0.6 is 11.3 Å².